The molecule has 0 saturated heterocycles. The quantitative estimate of drug-likeness (QED) is 0.726. The highest BCUT2D eigenvalue weighted by Gasteiger charge is 2.10. The van der Waals surface area contributed by atoms with Gasteiger partial charge in [-0.1, -0.05) is 29.8 Å². The van der Waals surface area contributed by atoms with Gasteiger partial charge in [-0.2, -0.15) is 0 Å². The number of benzene rings is 1. The second kappa shape index (κ2) is 6.54. The van der Waals surface area contributed by atoms with E-state index >= 15 is 0 Å². The van der Waals surface area contributed by atoms with E-state index in [1.165, 1.54) is 19.2 Å². The molecule has 0 bridgehead atoms. The molecule has 14 heavy (non-hydrogen) atoms. The van der Waals surface area contributed by atoms with Crippen LogP contribution >= 0.6 is 15.9 Å². The first-order chi connectivity index (χ1) is 6.65. The molecule has 0 atom stereocenters. The van der Waals surface area contributed by atoms with Gasteiger partial charge >= 0.3 is 5.97 Å². The number of esters is 1. The highest BCUT2D eigenvalue weighted by molar-refractivity contribution is 9.10. The molecule has 0 aliphatic rings. The molecule has 0 saturated carbocycles. The van der Waals surface area contributed by atoms with E-state index < -0.39 is 11.8 Å². The molecule has 1 rings (SSSR count). The number of hydrogen-bond donors (Lipinski definition) is 0. The molecule has 0 radical (unpaired) electrons. The van der Waals surface area contributed by atoms with Crippen LogP contribution in [0.25, 0.3) is 0 Å². The van der Waals surface area contributed by atoms with Gasteiger partial charge in [0.25, 0.3) is 0 Å². The Bertz CT molecular complexity index is 313. The van der Waals surface area contributed by atoms with Crippen molar-refractivity contribution < 1.29 is 13.9 Å². The summed E-state index contributed by atoms with van der Waals surface area (Å²) in [6.07, 6.45) is 0. The number of carbonyl (C=O) groups excluding carboxylic acids is 1. The molecule has 0 aromatic heterocycles. The predicted molar refractivity (Wildman–Crippen MR) is 56.8 cm³/mol. The average molecular weight is 263 g/mol. The summed E-state index contributed by atoms with van der Waals surface area (Å²) in [4.78, 5) is 10.9. The lowest BCUT2D eigenvalue weighted by molar-refractivity contribution is 0.0595. The van der Waals surface area contributed by atoms with E-state index in [4.69, 9.17) is 0 Å². The van der Waals surface area contributed by atoms with Crippen molar-refractivity contribution in [3.05, 3.63) is 34.1 Å². The summed E-state index contributed by atoms with van der Waals surface area (Å²) in [6.45, 7) is 4.00. The maximum Gasteiger partial charge on any atom is 0.340 e. The van der Waals surface area contributed by atoms with Crippen molar-refractivity contribution >= 4 is 21.9 Å². The maximum absolute atomic E-state index is 13.0. The van der Waals surface area contributed by atoms with Gasteiger partial charge in [-0.25, -0.2) is 9.18 Å². The van der Waals surface area contributed by atoms with Crippen molar-refractivity contribution in [1.82, 2.24) is 0 Å². The van der Waals surface area contributed by atoms with Crippen molar-refractivity contribution in [2.45, 2.75) is 13.8 Å². The van der Waals surface area contributed by atoms with Crippen LogP contribution in [0.3, 0.4) is 0 Å². The number of rotatable bonds is 1. The van der Waals surface area contributed by atoms with Crippen molar-refractivity contribution in [3.8, 4) is 0 Å². The Morgan fingerprint density at radius 1 is 1.43 bits per heavy atom. The van der Waals surface area contributed by atoms with E-state index in [-0.39, 0.29) is 5.56 Å². The van der Waals surface area contributed by atoms with Gasteiger partial charge in [-0.15, -0.1) is 0 Å². The number of methoxy groups -OCH3 is 1. The molecule has 2 nitrogen and oxygen atoms in total. The lowest BCUT2D eigenvalue weighted by Gasteiger charge is -2.00. The van der Waals surface area contributed by atoms with E-state index in [9.17, 15) is 9.18 Å². The molecular weight excluding hydrogens is 251 g/mol. The highest BCUT2D eigenvalue weighted by atomic mass is 79.9. The zero-order valence-corrected chi connectivity index (χ0v) is 9.89. The molecule has 78 valence electrons. The van der Waals surface area contributed by atoms with Crippen LogP contribution in [0.2, 0.25) is 0 Å². The molecule has 0 aliphatic carbocycles. The SMILES string of the molecule is CC.COC(=O)c1ccc(Br)cc1F. The summed E-state index contributed by atoms with van der Waals surface area (Å²) in [5, 5.41) is 0. The Morgan fingerprint density at radius 3 is 2.43 bits per heavy atom. The average Bonchev–Trinajstić information content (AvgIpc) is 2.20. The van der Waals surface area contributed by atoms with Crippen LogP contribution < -0.4 is 0 Å². The number of halogens is 2. The molecule has 4 heteroatoms. The first-order valence-electron chi connectivity index (χ1n) is 4.18. The second-order valence-corrected chi connectivity index (χ2v) is 3.03. The minimum atomic E-state index is -0.667. The smallest absolute Gasteiger partial charge is 0.340 e. The number of ether oxygens (including phenoxy) is 1. The van der Waals surface area contributed by atoms with Crippen molar-refractivity contribution in [3.63, 3.8) is 0 Å². The first-order valence-corrected chi connectivity index (χ1v) is 4.98. The van der Waals surface area contributed by atoms with E-state index in [1.54, 1.807) is 6.07 Å². The van der Waals surface area contributed by atoms with Gasteiger partial charge < -0.3 is 4.74 Å². The van der Waals surface area contributed by atoms with E-state index in [2.05, 4.69) is 20.7 Å². The Hall–Kier alpha value is -0.900. The maximum atomic E-state index is 13.0. The molecular formula is C10H12BrFO2. The third kappa shape index (κ3) is 3.46. The van der Waals surface area contributed by atoms with Crippen LogP contribution in [0.4, 0.5) is 4.39 Å². The van der Waals surface area contributed by atoms with Crippen molar-refractivity contribution in [2.75, 3.05) is 7.11 Å². The largest absolute Gasteiger partial charge is 0.465 e. The topological polar surface area (TPSA) is 26.3 Å². The molecule has 1 aromatic carbocycles. The number of hydrogen-bond acceptors (Lipinski definition) is 2. The molecule has 0 aliphatic heterocycles. The van der Waals surface area contributed by atoms with Crippen LogP contribution in [0.15, 0.2) is 22.7 Å². The van der Waals surface area contributed by atoms with Gasteiger partial charge in [0.15, 0.2) is 0 Å². The molecule has 0 unspecified atom stereocenters. The summed E-state index contributed by atoms with van der Waals surface area (Å²) < 4.78 is 17.9. The van der Waals surface area contributed by atoms with Gasteiger partial charge in [0, 0.05) is 4.47 Å². The molecule has 0 amide bonds. The zero-order chi connectivity index (χ0) is 11.1. The van der Waals surface area contributed by atoms with Gasteiger partial charge in [0.05, 0.1) is 12.7 Å². The summed E-state index contributed by atoms with van der Waals surface area (Å²) >= 11 is 3.08. The van der Waals surface area contributed by atoms with Gasteiger partial charge in [-0.3, -0.25) is 0 Å². The van der Waals surface area contributed by atoms with Crippen molar-refractivity contribution in [1.29, 1.82) is 0 Å². The van der Waals surface area contributed by atoms with Gasteiger partial charge in [-0.05, 0) is 18.2 Å². The lowest BCUT2D eigenvalue weighted by atomic mass is 10.2. The molecule has 0 N–H and O–H groups in total. The summed E-state index contributed by atoms with van der Waals surface area (Å²) in [7, 11) is 1.21. The van der Waals surface area contributed by atoms with Crippen LogP contribution in [0.1, 0.15) is 24.2 Å². The van der Waals surface area contributed by atoms with E-state index in [0.717, 1.165) is 0 Å². The first kappa shape index (κ1) is 13.1. The second-order valence-electron chi connectivity index (χ2n) is 2.12. The number of carbonyl (C=O) groups is 1. The minimum absolute atomic E-state index is 0.0549. The predicted octanol–water partition coefficient (Wildman–Crippen LogP) is 3.40. The normalized spacial score (nSPS) is 8.64. The van der Waals surface area contributed by atoms with Crippen LogP contribution in [-0.4, -0.2) is 13.1 Å². The van der Waals surface area contributed by atoms with E-state index in [0.29, 0.717) is 4.47 Å². The van der Waals surface area contributed by atoms with E-state index in [1.807, 2.05) is 13.8 Å². The Labute approximate surface area is 91.2 Å². The van der Waals surface area contributed by atoms with Crippen LogP contribution in [-0.2, 0) is 4.74 Å². The Balaban J connectivity index is 0.000000791. The fourth-order valence-electron chi connectivity index (χ4n) is 0.765. The molecule has 0 heterocycles. The summed E-state index contributed by atoms with van der Waals surface area (Å²) in [6, 6.07) is 4.16. The Morgan fingerprint density at radius 2 is 2.00 bits per heavy atom. The standard InChI is InChI=1S/C8H6BrFO2.C2H6/c1-12-8(11)6-3-2-5(9)4-7(6)10;1-2/h2-4H,1H3;1-2H3. The third-order valence-electron chi connectivity index (χ3n) is 1.34. The monoisotopic (exact) mass is 262 g/mol. The third-order valence-corrected chi connectivity index (χ3v) is 1.83. The summed E-state index contributed by atoms with van der Waals surface area (Å²) in [5.74, 6) is -1.25. The molecule has 0 fully saturated rings. The highest BCUT2D eigenvalue weighted by Crippen LogP contribution is 2.15. The molecule has 0 spiro atoms. The summed E-state index contributed by atoms with van der Waals surface area (Å²) in [5.41, 5.74) is -0.0549. The van der Waals surface area contributed by atoms with Crippen LogP contribution in [0, 0.1) is 5.82 Å². The lowest BCUT2D eigenvalue weighted by Crippen LogP contribution is -2.03. The minimum Gasteiger partial charge on any atom is -0.465 e. The van der Waals surface area contributed by atoms with Crippen LogP contribution in [0.5, 0.6) is 0 Å². The fourth-order valence-corrected chi connectivity index (χ4v) is 1.10. The fraction of sp³-hybridized carbons (Fsp3) is 0.300. The van der Waals surface area contributed by atoms with Crippen molar-refractivity contribution in [2.24, 2.45) is 0 Å². The molecule has 1 aromatic rings. The van der Waals surface area contributed by atoms with Gasteiger partial charge in [0.1, 0.15) is 5.82 Å². The van der Waals surface area contributed by atoms with Gasteiger partial charge in [0.2, 0.25) is 0 Å². The zero-order valence-electron chi connectivity index (χ0n) is 8.30. The Kier molecular flexibility index (Phi) is 6.12.